The van der Waals surface area contributed by atoms with E-state index in [0.29, 0.717) is 11.5 Å². The van der Waals surface area contributed by atoms with Crippen molar-refractivity contribution >= 4 is 22.5 Å². The molecule has 1 fully saturated rings. The minimum Gasteiger partial charge on any atom is -0.371 e. The van der Waals surface area contributed by atoms with Crippen LogP contribution in [0.4, 0.5) is 5.69 Å². The standard InChI is InChI=1S/C21H25N5O/c1-24(21(27)17-13-23-25(2)15-17)14-16-8-11-26(12-9-16)20-7-10-22-19-6-4-3-5-18(19)20/h3-7,10,13,15-16H,8-9,11-12,14H2,1-2H3. The molecule has 0 aliphatic carbocycles. The molecular formula is C21H25N5O. The highest BCUT2D eigenvalue weighted by Crippen LogP contribution is 2.29. The van der Waals surface area contributed by atoms with Gasteiger partial charge in [0.05, 0.1) is 17.3 Å². The van der Waals surface area contributed by atoms with E-state index in [1.165, 1.54) is 11.1 Å². The molecular weight excluding hydrogens is 338 g/mol. The largest absolute Gasteiger partial charge is 0.371 e. The molecule has 1 saturated heterocycles. The lowest BCUT2D eigenvalue weighted by molar-refractivity contribution is 0.0765. The fourth-order valence-electron chi connectivity index (χ4n) is 3.94. The number of pyridine rings is 1. The van der Waals surface area contributed by atoms with Gasteiger partial charge in [-0.3, -0.25) is 14.5 Å². The second-order valence-corrected chi connectivity index (χ2v) is 7.37. The summed E-state index contributed by atoms with van der Waals surface area (Å²) in [6, 6.07) is 10.4. The number of benzene rings is 1. The maximum absolute atomic E-state index is 12.5. The third kappa shape index (κ3) is 3.65. The third-order valence-corrected chi connectivity index (χ3v) is 5.41. The molecule has 0 unspecified atom stereocenters. The summed E-state index contributed by atoms with van der Waals surface area (Å²) >= 11 is 0. The first kappa shape index (κ1) is 17.5. The predicted octanol–water partition coefficient (Wildman–Crippen LogP) is 2.96. The van der Waals surface area contributed by atoms with Gasteiger partial charge >= 0.3 is 0 Å². The topological polar surface area (TPSA) is 54.3 Å². The summed E-state index contributed by atoms with van der Waals surface area (Å²) in [6.45, 7) is 2.81. The van der Waals surface area contributed by atoms with Gasteiger partial charge in [-0.05, 0) is 30.9 Å². The number of piperidine rings is 1. The monoisotopic (exact) mass is 363 g/mol. The summed E-state index contributed by atoms with van der Waals surface area (Å²) in [5, 5.41) is 5.30. The van der Waals surface area contributed by atoms with E-state index in [0.717, 1.165) is 38.0 Å². The van der Waals surface area contributed by atoms with Crippen molar-refractivity contribution in [1.29, 1.82) is 0 Å². The second kappa shape index (κ2) is 7.39. The number of hydrogen-bond acceptors (Lipinski definition) is 4. The Morgan fingerprint density at radius 3 is 2.74 bits per heavy atom. The summed E-state index contributed by atoms with van der Waals surface area (Å²) in [7, 11) is 3.72. The number of aromatic nitrogens is 3. The number of hydrogen-bond donors (Lipinski definition) is 0. The van der Waals surface area contributed by atoms with Crippen molar-refractivity contribution in [2.24, 2.45) is 13.0 Å². The summed E-state index contributed by atoms with van der Waals surface area (Å²) < 4.78 is 1.67. The lowest BCUT2D eigenvalue weighted by atomic mass is 9.95. The van der Waals surface area contributed by atoms with E-state index in [9.17, 15) is 4.79 Å². The van der Waals surface area contributed by atoms with E-state index in [1.54, 1.807) is 17.1 Å². The van der Waals surface area contributed by atoms with Gasteiger partial charge in [-0.25, -0.2) is 0 Å². The highest BCUT2D eigenvalue weighted by atomic mass is 16.2. The van der Waals surface area contributed by atoms with Gasteiger partial charge in [0.25, 0.3) is 5.91 Å². The van der Waals surface area contributed by atoms with Gasteiger partial charge in [0, 0.05) is 57.2 Å². The molecule has 27 heavy (non-hydrogen) atoms. The Bertz CT molecular complexity index is 937. The zero-order valence-corrected chi connectivity index (χ0v) is 15.9. The minimum absolute atomic E-state index is 0.0469. The Morgan fingerprint density at radius 2 is 2.00 bits per heavy atom. The van der Waals surface area contributed by atoms with Crippen molar-refractivity contribution in [2.45, 2.75) is 12.8 Å². The van der Waals surface area contributed by atoms with Crippen LogP contribution in [0.15, 0.2) is 48.9 Å². The van der Waals surface area contributed by atoms with Crippen LogP contribution in [0.25, 0.3) is 10.9 Å². The number of para-hydroxylation sites is 1. The van der Waals surface area contributed by atoms with Crippen molar-refractivity contribution in [2.75, 3.05) is 31.6 Å². The van der Waals surface area contributed by atoms with Gasteiger partial charge < -0.3 is 9.80 Å². The van der Waals surface area contributed by atoms with E-state index in [2.05, 4.69) is 39.2 Å². The molecule has 0 bridgehead atoms. The Balaban J connectivity index is 1.38. The van der Waals surface area contributed by atoms with Crippen LogP contribution in [0.3, 0.4) is 0 Å². The Morgan fingerprint density at radius 1 is 1.22 bits per heavy atom. The van der Waals surface area contributed by atoms with Crippen LogP contribution in [-0.4, -0.2) is 52.3 Å². The van der Waals surface area contributed by atoms with Gasteiger partial charge in [-0.1, -0.05) is 18.2 Å². The molecule has 1 aromatic carbocycles. The first-order valence-electron chi connectivity index (χ1n) is 9.44. The average molecular weight is 363 g/mol. The summed E-state index contributed by atoms with van der Waals surface area (Å²) in [6.07, 6.45) is 7.47. The second-order valence-electron chi connectivity index (χ2n) is 7.37. The molecule has 0 saturated carbocycles. The molecule has 1 aliphatic heterocycles. The average Bonchev–Trinajstić information content (AvgIpc) is 3.14. The molecule has 4 rings (SSSR count). The Labute approximate surface area is 159 Å². The summed E-state index contributed by atoms with van der Waals surface area (Å²) in [5.41, 5.74) is 2.96. The molecule has 3 aromatic rings. The van der Waals surface area contributed by atoms with Crippen molar-refractivity contribution in [3.05, 3.63) is 54.5 Å². The minimum atomic E-state index is 0.0469. The highest BCUT2D eigenvalue weighted by Gasteiger charge is 2.24. The Kier molecular flexibility index (Phi) is 4.79. The third-order valence-electron chi connectivity index (χ3n) is 5.41. The van der Waals surface area contributed by atoms with Gasteiger partial charge in [-0.2, -0.15) is 5.10 Å². The number of aryl methyl sites for hydroxylation is 1. The quantitative estimate of drug-likeness (QED) is 0.715. The van der Waals surface area contributed by atoms with Crippen LogP contribution < -0.4 is 4.90 Å². The van der Waals surface area contributed by atoms with Crippen LogP contribution in [0, 0.1) is 5.92 Å². The normalized spacial score (nSPS) is 15.3. The molecule has 3 heterocycles. The molecule has 6 nitrogen and oxygen atoms in total. The molecule has 1 amide bonds. The molecule has 0 N–H and O–H groups in total. The maximum atomic E-state index is 12.5. The molecule has 140 valence electrons. The van der Waals surface area contributed by atoms with Crippen LogP contribution in [0.1, 0.15) is 23.2 Å². The number of carbonyl (C=O) groups excluding carboxylic acids is 1. The van der Waals surface area contributed by atoms with Crippen LogP contribution in [0.5, 0.6) is 0 Å². The summed E-state index contributed by atoms with van der Waals surface area (Å²) in [5.74, 6) is 0.575. The number of amides is 1. The van der Waals surface area contributed by atoms with Gasteiger partial charge in [0.15, 0.2) is 0 Å². The fraction of sp³-hybridized carbons (Fsp3) is 0.381. The van der Waals surface area contributed by atoms with Gasteiger partial charge in [0.2, 0.25) is 0 Å². The molecule has 2 aromatic heterocycles. The van der Waals surface area contributed by atoms with E-state index < -0.39 is 0 Å². The van der Waals surface area contributed by atoms with Gasteiger partial charge in [0.1, 0.15) is 0 Å². The smallest absolute Gasteiger partial charge is 0.256 e. The van der Waals surface area contributed by atoms with Crippen LogP contribution >= 0.6 is 0 Å². The number of fused-ring (bicyclic) bond motifs is 1. The number of rotatable bonds is 4. The number of nitrogens with zero attached hydrogens (tertiary/aromatic N) is 5. The summed E-state index contributed by atoms with van der Waals surface area (Å²) in [4.78, 5) is 21.3. The molecule has 0 atom stereocenters. The van der Waals surface area contributed by atoms with Crippen molar-refractivity contribution in [1.82, 2.24) is 19.7 Å². The highest BCUT2D eigenvalue weighted by molar-refractivity contribution is 5.93. The zero-order chi connectivity index (χ0) is 18.8. The van der Waals surface area contributed by atoms with E-state index in [-0.39, 0.29) is 5.91 Å². The predicted molar refractivity (Wildman–Crippen MR) is 107 cm³/mol. The molecule has 0 spiro atoms. The lowest BCUT2D eigenvalue weighted by Gasteiger charge is -2.35. The molecule has 6 heteroatoms. The van der Waals surface area contributed by atoms with Gasteiger partial charge in [-0.15, -0.1) is 0 Å². The van der Waals surface area contributed by atoms with Crippen molar-refractivity contribution in [3.63, 3.8) is 0 Å². The van der Waals surface area contributed by atoms with Crippen LogP contribution in [-0.2, 0) is 7.05 Å². The fourth-order valence-corrected chi connectivity index (χ4v) is 3.94. The van der Waals surface area contributed by atoms with Crippen molar-refractivity contribution < 1.29 is 4.79 Å². The maximum Gasteiger partial charge on any atom is 0.256 e. The Hall–Kier alpha value is -2.89. The number of carbonyl (C=O) groups is 1. The molecule has 0 radical (unpaired) electrons. The molecule has 1 aliphatic rings. The van der Waals surface area contributed by atoms with E-state index in [1.807, 2.05) is 31.3 Å². The first-order valence-corrected chi connectivity index (χ1v) is 9.44. The van der Waals surface area contributed by atoms with E-state index >= 15 is 0 Å². The lowest BCUT2D eigenvalue weighted by Crippen LogP contribution is -2.39. The SMILES string of the molecule is CN(CC1CCN(c2ccnc3ccccc23)CC1)C(=O)c1cnn(C)c1. The van der Waals surface area contributed by atoms with Crippen LogP contribution in [0.2, 0.25) is 0 Å². The first-order chi connectivity index (χ1) is 13.1. The zero-order valence-electron chi connectivity index (χ0n) is 15.9. The van der Waals surface area contributed by atoms with Crippen molar-refractivity contribution in [3.8, 4) is 0 Å². The van der Waals surface area contributed by atoms with E-state index in [4.69, 9.17) is 0 Å². The number of anilines is 1.